The molecule has 0 aromatic heterocycles. The smallest absolute Gasteiger partial charge is 0.248 e. The van der Waals surface area contributed by atoms with Gasteiger partial charge in [-0.1, -0.05) is 13.8 Å². The number of ether oxygens (including phenoxy) is 1. The highest BCUT2D eigenvalue weighted by Crippen LogP contribution is 2.16. The summed E-state index contributed by atoms with van der Waals surface area (Å²) in [5.41, 5.74) is 0. The molecule has 2 atom stereocenters. The molecule has 15 heavy (non-hydrogen) atoms. The zero-order chi connectivity index (χ0) is 11.3. The van der Waals surface area contributed by atoms with Gasteiger partial charge in [-0.25, -0.2) is 0 Å². The molecule has 88 valence electrons. The van der Waals surface area contributed by atoms with E-state index in [0.717, 1.165) is 19.4 Å². The first kappa shape index (κ1) is 12.5. The minimum Gasteiger partial charge on any atom is -0.391 e. The second-order valence-electron chi connectivity index (χ2n) is 4.23. The molecule has 1 aliphatic heterocycles. The number of piperidine rings is 1. The van der Waals surface area contributed by atoms with Crippen molar-refractivity contribution in [3.8, 4) is 0 Å². The number of nitrogens with zero attached hydrogens (tertiary/aromatic N) is 1. The maximum absolute atomic E-state index is 11.6. The fraction of sp³-hybridized carbons (Fsp3) is 0.909. The minimum atomic E-state index is -0.381. The van der Waals surface area contributed by atoms with Crippen LogP contribution in [-0.2, 0) is 9.53 Å². The van der Waals surface area contributed by atoms with Crippen LogP contribution in [0.1, 0.15) is 26.7 Å². The molecule has 1 rings (SSSR count). The lowest BCUT2D eigenvalue weighted by atomic mass is 9.96. The van der Waals surface area contributed by atoms with E-state index < -0.39 is 0 Å². The summed E-state index contributed by atoms with van der Waals surface area (Å²) >= 11 is 0. The van der Waals surface area contributed by atoms with Gasteiger partial charge in [0.25, 0.3) is 0 Å². The van der Waals surface area contributed by atoms with Crippen LogP contribution >= 0.6 is 0 Å². The molecule has 4 nitrogen and oxygen atoms in total. The third-order valence-electron chi connectivity index (χ3n) is 2.85. The van der Waals surface area contributed by atoms with Crippen LogP contribution in [0.3, 0.4) is 0 Å². The Bertz CT molecular complexity index is 208. The molecule has 1 N–H and O–H groups in total. The summed E-state index contributed by atoms with van der Waals surface area (Å²) in [6, 6.07) is 0. The first-order chi connectivity index (χ1) is 7.15. The van der Waals surface area contributed by atoms with Gasteiger partial charge in [0.2, 0.25) is 5.91 Å². The largest absolute Gasteiger partial charge is 0.391 e. The molecule has 0 saturated carbocycles. The van der Waals surface area contributed by atoms with E-state index in [1.54, 1.807) is 4.90 Å². The average molecular weight is 215 g/mol. The summed E-state index contributed by atoms with van der Waals surface area (Å²) in [6.07, 6.45) is 1.42. The Hall–Kier alpha value is -0.610. The lowest BCUT2D eigenvalue weighted by Gasteiger charge is -2.34. The van der Waals surface area contributed by atoms with Gasteiger partial charge in [0.1, 0.15) is 6.61 Å². The molecule has 2 unspecified atom stereocenters. The molecular weight excluding hydrogens is 194 g/mol. The van der Waals surface area contributed by atoms with Gasteiger partial charge in [0, 0.05) is 19.7 Å². The van der Waals surface area contributed by atoms with Crippen LogP contribution in [0.4, 0.5) is 0 Å². The zero-order valence-electron chi connectivity index (χ0n) is 9.61. The molecule has 0 aromatic carbocycles. The van der Waals surface area contributed by atoms with Gasteiger partial charge in [-0.15, -0.1) is 0 Å². The van der Waals surface area contributed by atoms with E-state index in [1.807, 2.05) is 13.8 Å². The van der Waals surface area contributed by atoms with E-state index in [9.17, 15) is 9.90 Å². The maximum atomic E-state index is 11.6. The third kappa shape index (κ3) is 3.80. The number of carbonyl (C=O) groups is 1. The van der Waals surface area contributed by atoms with Gasteiger partial charge in [-0.2, -0.15) is 0 Å². The fourth-order valence-corrected chi connectivity index (χ4v) is 1.67. The molecule has 1 heterocycles. The highest BCUT2D eigenvalue weighted by atomic mass is 16.5. The molecule has 4 heteroatoms. The van der Waals surface area contributed by atoms with Crippen molar-refractivity contribution < 1.29 is 14.6 Å². The molecule has 0 spiro atoms. The van der Waals surface area contributed by atoms with Crippen molar-refractivity contribution in [3.63, 3.8) is 0 Å². The number of β-amino-alcohol motifs (C(OH)–C–C–N with tert-alkyl or cyclic N) is 1. The number of rotatable bonds is 4. The minimum absolute atomic E-state index is 0.00519. The number of aliphatic hydroxyl groups excluding tert-OH is 1. The van der Waals surface area contributed by atoms with Crippen LogP contribution in [0, 0.1) is 5.92 Å². The predicted molar refractivity (Wildman–Crippen MR) is 57.5 cm³/mol. The number of aliphatic hydroxyl groups is 1. The lowest BCUT2D eigenvalue weighted by Crippen LogP contribution is -2.47. The summed E-state index contributed by atoms with van der Waals surface area (Å²) in [4.78, 5) is 13.3. The Morgan fingerprint density at radius 3 is 2.93 bits per heavy atom. The van der Waals surface area contributed by atoms with Gasteiger partial charge < -0.3 is 14.7 Å². The van der Waals surface area contributed by atoms with E-state index in [4.69, 9.17) is 4.74 Å². The van der Waals surface area contributed by atoms with E-state index in [1.165, 1.54) is 0 Å². The average Bonchev–Trinajstić information content (AvgIpc) is 2.22. The van der Waals surface area contributed by atoms with E-state index in [-0.39, 0.29) is 18.6 Å². The second-order valence-corrected chi connectivity index (χ2v) is 4.23. The molecule has 1 aliphatic rings. The molecule has 0 radical (unpaired) electrons. The summed E-state index contributed by atoms with van der Waals surface area (Å²) < 4.78 is 5.19. The van der Waals surface area contributed by atoms with Crippen molar-refractivity contribution >= 4 is 5.91 Å². The number of hydrogen-bond acceptors (Lipinski definition) is 3. The van der Waals surface area contributed by atoms with Gasteiger partial charge in [-0.05, 0) is 18.8 Å². The molecule has 1 saturated heterocycles. The Morgan fingerprint density at radius 1 is 1.60 bits per heavy atom. The van der Waals surface area contributed by atoms with Crippen LogP contribution in [0.25, 0.3) is 0 Å². The Kier molecular flexibility index (Phi) is 5.05. The van der Waals surface area contributed by atoms with Crippen LogP contribution < -0.4 is 0 Å². The van der Waals surface area contributed by atoms with Crippen molar-refractivity contribution in [2.24, 2.45) is 5.92 Å². The van der Waals surface area contributed by atoms with Crippen molar-refractivity contribution in [2.45, 2.75) is 32.8 Å². The standard InChI is InChI=1S/C11H21NO3/c1-3-6-15-8-11(14)12-5-4-9(2)10(13)7-12/h9-10,13H,3-8H2,1-2H3. The molecule has 0 aliphatic carbocycles. The number of carbonyl (C=O) groups excluding carboxylic acids is 1. The van der Waals surface area contributed by atoms with Crippen molar-refractivity contribution in [3.05, 3.63) is 0 Å². The number of hydrogen-bond donors (Lipinski definition) is 1. The van der Waals surface area contributed by atoms with E-state index in [2.05, 4.69) is 0 Å². The molecular formula is C11H21NO3. The van der Waals surface area contributed by atoms with Gasteiger partial charge >= 0.3 is 0 Å². The van der Waals surface area contributed by atoms with Crippen molar-refractivity contribution in [1.29, 1.82) is 0 Å². The van der Waals surface area contributed by atoms with Gasteiger partial charge in [-0.3, -0.25) is 4.79 Å². The summed E-state index contributed by atoms with van der Waals surface area (Å²) in [5.74, 6) is 0.292. The maximum Gasteiger partial charge on any atom is 0.248 e. The molecule has 0 bridgehead atoms. The summed E-state index contributed by atoms with van der Waals surface area (Å²) in [5, 5.41) is 9.63. The second kappa shape index (κ2) is 6.08. The Labute approximate surface area is 91.2 Å². The highest BCUT2D eigenvalue weighted by molar-refractivity contribution is 5.77. The highest BCUT2D eigenvalue weighted by Gasteiger charge is 2.26. The number of likely N-dealkylation sites (tertiary alicyclic amines) is 1. The normalized spacial score (nSPS) is 26.7. The third-order valence-corrected chi connectivity index (χ3v) is 2.85. The van der Waals surface area contributed by atoms with E-state index in [0.29, 0.717) is 19.1 Å². The fourth-order valence-electron chi connectivity index (χ4n) is 1.67. The number of amides is 1. The predicted octanol–water partition coefficient (Wildman–Crippen LogP) is 0.642. The summed E-state index contributed by atoms with van der Waals surface area (Å²) in [6.45, 7) is 5.99. The Balaban J connectivity index is 2.28. The topological polar surface area (TPSA) is 49.8 Å². The zero-order valence-corrected chi connectivity index (χ0v) is 9.61. The molecule has 1 fully saturated rings. The lowest BCUT2D eigenvalue weighted by molar-refractivity contribution is -0.140. The molecule has 1 amide bonds. The van der Waals surface area contributed by atoms with Crippen LogP contribution in [0.5, 0.6) is 0 Å². The SMILES string of the molecule is CCCOCC(=O)N1CCC(C)C(O)C1. The van der Waals surface area contributed by atoms with Crippen LogP contribution in [-0.4, -0.2) is 48.3 Å². The van der Waals surface area contributed by atoms with Gasteiger partial charge in [0.15, 0.2) is 0 Å². The van der Waals surface area contributed by atoms with Crippen molar-refractivity contribution in [1.82, 2.24) is 4.90 Å². The van der Waals surface area contributed by atoms with Crippen LogP contribution in [0.2, 0.25) is 0 Å². The van der Waals surface area contributed by atoms with Crippen LogP contribution in [0.15, 0.2) is 0 Å². The quantitative estimate of drug-likeness (QED) is 0.700. The monoisotopic (exact) mass is 215 g/mol. The first-order valence-corrected chi connectivity index (χ1v) is 5.68. The Morgan fingerprint density at radius 2 is 2.33 bits per heavy atom. The van der Waals surface area contributed by atoms with Crippen molar-refractivity contribution in [2.75, 3.05) is 26.3 Å². The van der Waals surface area contributed by atoms with E-state index >= 15 is 0 Å². The summed E-state index contributed by atoms with van der Waals surface area (Å²) in [7, 11) is 0. The van der Waals surface area contributed by atoms with Gasteiger partial charge in [0.05, 0.1) is 6.10 Å². The molecule has 0 aromatic rings. The first-order valence-electron chi connectivity index (χ1n) is 5.68.